The molecule has 0 unspecified atom stereocenters. The number of esters is 1. The Balaban J connectivity index is 2.17. The van der Waals surface area contributed by atoms with Crippen molar-refractivity contribution in [2.75, 3.05) is 7.11 Å². The Morgan fingerprint density at radius 3 is 1.19 bits per heavy atom. The third kappa shape index (κ3) is 7.83. The van der Waals surface area contributed by atoms with E-state index in [0.717, 1.165) is 13.3 Å². The zero-order chi connectivity index (χ0) is 27.2. The van der Waals surface area contributed by atoms with Gasteiger partial charge >= 0.3 is 230 Å². The Hall–Kier alpha value is -2.33. The molecule has 0 aliphatic heterocycles. The fraction of sp³-hybridized carbons (Fsp3) is 0.382. The van der Waals surface area contributed by atoms with Crippen LogP contribution in [-0.4, -0.2) is 31.5 Å². The van der Waals surface area contributed by atoms with Crippen molar-refractivity contribution in [1.82, 2.24) is 0 Å². The summed E-state index contributed by atoms with van der Waals surface area (Å²) in [7, 11) is 1.47. The maximum atomic E-state index is 12.5. The van der Waals surface area contributed by atoms with Crippen LogP contribution in [0.3, 0.4) is 0 Å². The normalized spacial score (nSPS) is 13.1. The first-order valence-electron chi connectivity index (χ1n) is 13.3. The van der Waals surface area contributed by atoms with Crippen LogP contribution in [0.5, 0.6) is 0 Å². The van der Waals surface area contributed by atoms with Crippen molar-refractivity contribution in [2.45, 2.75) is 71.1 Å². The van der Waals surface area contributed by atoms with E-state index in [0.29, 0.717) is 0 Å². The molecule has 0 aliphatic carbocycles. The quantitative estimate of drug-likeness (QED) is 0.125. The van der Waals surface area contributed by atoms with Crippen molar-refractivity contribution in [2.24, 2.45) is 0 Å². The molecule has 3 rings (SSSR count). The van der Waals surface area contributed by atoms with Crippen LogP contribution in [0.1, 0.15) is 58.2 Å². The van der Waals surface area contributed by atoms with E-state index in [2.05, 4.69) is 137 Å². The van der Waals surface area contributed by atoms with Crippen LogP contribution in [-0.2, 0) is 25.8 Å². The number of hydrogen-bond donors (Lipinski definition) is 0. The second-order valence-electron chi connectivity index (χ2n) is 12.5. The van der Waals surface area contributed by atoms with E-state index in [1.54, 1.807) is 6.08 Å². The number of carbonyl (C=O) groups excluding carboxylic acids is 1. The molecule has 0 atom stereocenters. The Morgan fingerprint density at radius 1 is 0.622 bits per heavy atom. The zero-order valence-corrected chi connectivity index (χ0v) is 26.6. The predicted molar refractivity (Wildman–Crippen MR) is 160 cm³/mol. The average Bonchev–Trinajstić information content (AvgIpc) is 2.88. The van der Waals surface area contributed by atoms with Crippen molar-refractivity contribution in [3.63, 3.8) is 0 Å². The van der Waals surface area contributed by atoms with Crippen LogP contribution in [0, 0.1) is 0 Å². The van der Waals surface area contributed by atoms with Gasteiger partial charge in [-0.2, -0.15) is 0 Å². The van der Waals surface area contributed by atoms with Crippen molar-refractivity contribution in [3.8, 4) is 0 Å². The molecule has 0 fully saturated rings. The van der Waals surface area contributed by atoms with Gasteiger partial charge in [-0.15, -0.1) is 0 Å². The van der Waals surface area contributed by atoms with E-state index < -0.39 is 18.4 Å². The van der Waals surface area contributed by atoms with Crippen LogP contribution in [0.4, 0.5) is 0 Å². The third-order valence-electron chi connectivity index (χ3n) is 7.82. The van der Waals surface area contributed by atoms with Crippen molar-refractivity contribution < 1.29 is 9.53 Å². The molecule has 0 heterocycles. The summed E-state index contributed by atoms with van der Waals surface area (Å²) < 4.78 is 10.8. The van der Waals surface area contributed by atoms with Gasteiger partial charge in [0.2, 0.25) is 0 Å². The van der Waals surface area contributed by atoms with Crippen LogP contribution in [0.2, 0.25) is 13.3 Å². The zero-order valence-electron chi connectivity index (χ0n) is 23.8. The molecule has 2 nitrogen and oxygen atoms in total. The summed E-state index contributed by atoms with van der Waals surface area (Å²) in [5.41, 5.74) is 4.03. The van der Waals surface area contributed by atoms with Gasteiger partial charge in [-0.25, -0.2) is 0 Å². The van der Waals surface area contributed by atoms with Crippen LogP contribution in [0.15, 0.2) is 101 Å². The summed E-state index contributed by atoms with van der Waals surface area (Å²) in [6, 6.07) is 32.6. The molecule has 0 saturated carbocycles. The van der Waals surface area contributed by atoms with E-state index in [4.69, 9.17) is 4.74 Å². The Bertz CT molecular complexity index is 1030. The monoisotopic (exact) mass is 604 g/mol. The van der Waals surface area contributed by atoms with Gasteiger partial charge in [0.15, 0.2) is 0 Å². The molecule has 196 valence electrons. The molecule has 3 heteroatoms. The molecule has 0 aliphatic rings. The molecule has 0 aromatic heterocycles. The van der Waals surface area contributed by atoms with Crippen LogP contribution < -0.4 is 0 Å². The number of ether oxygens (including phenoxy) is 1. The maximum absolute atomic E-state index is 12.5. The second kappa shape index (κ2) is 12.0. The third-order valence-corrected chi connectivity index (χ3v) is 23.9. The fourth-order valence-corrected chi connectivity index (χ4v) is 26.6. The summed E-state index contributed by atoms with van der Waals surface area (Å²) in [6.45, 7) is 14.3. The minimum absolute atomic E-state index is 0.0165. The van der Waals surface area contributed by atoms with Crippen molar-refractivity contribution >= 4 is 24.3 Å². The molecule has 3 aromatic rings. The predicted octanol–water partition coefficient (Wildman–Crippen LogP) is 8.64. The molecule has 37 heavy (non-hydrogen) atoms. The van der Waals surface area contributed by atoms with Gasteiger partial charge in [0.05, 0.1) is 0 Å². The molecular weight excluding hydrogens is 559 g/mol. The Kier molecular flexibility index (Phi) is 9.50. The first-order valence-corrected chi connectivity index (χ1v) is 21.0. The van der Waals surface area contributed by atoms with Gasteiger partial charge in [0, 0.05) is 0 Å². The molecule has 0 amide bonds. The summed E-state index contributed by atoms with van der Waals surface area (Å²) in [4.78, 5) is 12.5. The molecule has 0 radical (unpaired) electrons. The van der Waals surface area contributed by atoms with Gasteiger partial charge in [0.1, 0.15) is 0 Å². The number of benzene rings is 3. The molecule has 0 saturated heterocycles. The minimum atomic E-state index is -3.35. The summed E-state index contributed by atoms with van der Waals surface area (Å²) in [5.74, 6) is -0.256. The fourth-order valence-electron chi connectivity index (χ4n) is 6.29. The standard InChI is InChI=1S/3C10H13.C4H5O2.Sn/c3*1-10(2,3)9-7-5-4-6-8-9;1-3-4(5)6-2;/h3*4-8H,1H2,2-3H3;1,3H,2H3;. The van der Waals surface area contributed by atoms with E-state index in [1.807, 2.05) is 0 Å². The molecule has 3 aromatic carbocycles. The number of methoxy groups -OCH3 is 1. The van der Waals surface area contributed by atoms with Crippen molar-refractivity contribution in [3.05, 3.63) is 118 Å². The molecule has 0 spiro atoms. The number of hydrogen-bond acceptors (Lipinski definition) is 2. The van der Waals surface area contributed by atoms with Crippen LogP contribution >= 0.6 is 0 Å². The SMILES string of the molecule is COC(=O)/C=[CH]\[Sn]([CH2]C(C)(C)c1ccccc1)([CH2]C(C)(C)c1ccccc1)[CH2]C(C)(C)c1ccccc1. The van der Waals surface area contributed by atoms with E-state index in [-0.39, 0.29) is 22.2 Å². The number of carbonyl (C=O) groups is 1. The van der Waals surface area contributed by atoms with Gasteiger partial charge in [-0.05, 0) is 0 Å². The van der Waals surface area contributed by atoms with Crippen molar-refractivity contribution in [1.29, 1.82) is 0 Å². The summed E-state index contributed by atoms with van der Waals surface area (Å²) >= 11 is -3.35. The van der Waals surface area contributed by atoms with Gasteiger partial charge in [0.25, 0.3) is 0 Å². The first kappa shape index (κ1) is 29.2. The van der Waals surface area contributed by atoms with Gasteiger partial charge < -0.3 is 0 Å². The topological polar surface area (TPSA) is 26.3 Å². The van der Waals surface area contributed by atoms with Crippen LogP contribution in [0.25, 0.3) is 0 Å². The molecular formula is C34H44O2Sn. The molecule has 0 bridgehead atoms. The second-order valence-corrected chi connectivity index (χ2v) is 24.3. The van der Waals surface area contributed by atoms with E-state index >= 15 is 0 Å². The Labute approximate surface area is 229 Å². The van der Waals surface area contributed by atoms with Gasteiger partial charge in [-0.3, -0.25) is 0 Å². The summed E-state index contributed by atoms with van der Waals surface area (Å²) in [5, 5.41) is 0. The molecule has 0 N–H and O–H groups in total. The number of rotatable bonds is 11. The average molecular weight is 603 g/mol. The first-order chi connectivity index (χ1) is 17.4. The Morgan fingerprint density at radius 2 is 0.919 bits per heavy atom. The van der Waals surface area contributed by atoms with E-state index in [1.165, 1.54) is 23.8 Å². The van der Waals surface area contributed by atoms with Gasteiger partial charge in [-0.1, -0.05) is 0 Å². The summed E-state index contributed by atoms with van der Waals surface area (Å²) in [6.07, 6.45) is 1.75. The van der Waals surface area contributed by atoms with E-state index in [9.17, 15) is 4.79 Å².